The van der Waals surface area contributed by atoms with Crippen LogP contribution in [0.15, 0.2) is 18.2 Å². The standard InChI is InChI=1S/C17H29ClN2O/c1-5-20(9-10-21-6-2)17-8-7-15(11-16(17)18)13-19-12-14(3)4/h7-8,11,14,19H,5-6,9-10,12-13H2,1-4H3. The van der Waals surface area contributed by atoms with Gasteiger partial charge >= 0.3 is 0 Å². The molecule has 0 atom stereocenters. The van der Waals surface area contributed by atoms with E-state index in [1.807, 2.05) is 6.92 Å². The molecule has 0 bridgehead atoms. The molecule has 0 aliphatic heterocycles. The number of benzene rings is 1. The Morgan fingerprint density at radius 1 is 1.29 bits per heavy atom. The summed E-state index contributed by atoms with van der Waals surface area (Å²) in [6.07, 6.45) is 0. The van der Waals surface area contributed by atoms with Crippen molar-refractivity contribution in [1.29, 1.82) is 0 Å². The molecule has 1 rings (SSSR count). The summed E-state index contributed by atoms with van der Waals surface area (Å²) < 4.78 is 5.43. The van der Waals surface area contributed by atoms with Crippen LogP contribution in [-0.2, 0) is 11.3 Å². The summed E-state index contributed by atoms with van der Waals surface area (Å²) in [5.74, 6) is 0.661. The molecule has 21 heavy (non-hydrogen) atoms. The number of likely N-dealkylation sites (N-methyl/N-ethyl adjacent to an activating group) is 1. The summed E-state index contributed by atoms with van der Waals surface area (Å²) in [6, 6.07) is 6.33. The molecule has 0 fully saturated rings. The second kappa shape index (κ2) is 10.0. The Labute approximate surface area is 134 Å². The van der Waals surface area contributed by atoms with Crippen LogP contribution in [0.5, 0.6) is 0 Å². The maximum atomic E-state index is 6.45. The fourth-order valence-corrected chi connectivity index (χ4v) is 2.51. The zero-order valence-corrected chi connectivity index (χ0v) is 14.5. The molecule has 0 radical (unpaired) electrons. The first-order valence-electron chi connectivity index (χ1n) is 7.90. The van der Waals surface area contributed by atoms with Crippen LogP contribution in [-0.4, -0.2) is 32.8 Å². The number of hydrogen-bond donors (Lipinski definition) is 1. The summed E-state index contributed by atoms with van der Waals surface area (Å²) >= 11 is 6.45. The van der Waals surface area contributed by atoms with E-state index in [9.17, 15) is 0 Å². The van der Waals surface area contributed by atoms with E-state index < -0.39 is 0 Å². The number of rotatable bonds is 10. The third kappa shape index (κ3) is 6.68. The highest BCUT2D eigenvalue weighted by Gasteiger charge is 2.09. The zero-order chi connectivity index (χ0) is 15.7. The van der Waals surface area contributed by atoms with E-state index in [4.69, 9.17) is 16.3 Å². The minimum absolute atomic E-state index is 0.661. The van der Waals surface area contributed by atoms with Gasteiger partial charge in [-0.15, -0.1) is 0 Å². The van der Waals surface area contributed by atoms with Gasteiger partial charge in [0, 0.05) is 26.2 Å². The van der Waals surface area contributed by atoms with Gasteiger partial charge in [-0.1, -0.05) is 31.5 Å². The highest BCUT2D eigenvalue weighted by atomic mass is 35.5. The average Bonchev–Trinajstić information content (AvgIpc) is 2.44. The van der Waals surface area contributed by atoms with Gasteiger partial charge in [0.25, 0.3) is 0 Å². The first-order valence-corrected chi connectivity index (χ1v) is 8.28. The van der Waals surface area contributed by atoms with Crippen molar-refractivity contribution < 1.29 is 4.74 Å². The van der Waals surface area contributed by atoms with Crippen molar-refractivity contribution in [3.8, 4) is 0 Å². The number of nitrogens with zero attached hydrogens (tertiary/aromatic N) is 1. The minimum Gasteiger partial charge on any atom is -0.380 e. The Morgan fingerprint density at radius 2 is 2.05 bits per heavy atom. The van der Waals surface area contributed by atoms with E-state index in [1.54, 1.807) is 0 Å². The Bertz CT molecular complexity index is 410. The van der Waals surface area contributed by atoms with Crippen molar-refractivity contribution in [1.82, 2.24) is 5.32 Å². The molecule has 1 N–H and O–H groups in total. The van der Waals surface area contributed by atoms with Gasteiger partial charge in [0.15, 0.2) is 0 Å². The molecule has 0 spiro atoms. The summed E-state index contributed by atoms with van der Waals surface area (Å²) in [5.41, 5.74) is 2.32. The molecule has 1 aromatic carbocycles. The number of nitrogens with one attached hydrogen (secondary N) is 1. The molecular formula is C17H29ClN2O. The first kappa shape index (κ1) is 18.3. The Balaban J connectivity index is 2.62. The van der Waals surface area contributed by atoms with Crippen LogP contribution >= 0.6 is 11.6 Å². The third-order valence-electron chi connectivity index (χ3n) is 3.33. The van der Waals surface area contributed by atoms with Gasteiger partial charge in [-0.25, -0.2) is 0 Å². The predicted octanol–water partition coefficient (Wildman–Crippen LogP) is 3.95. The lowest BCUT2D eigenvalue weighted by atomic mass is 10.1. The molecule has 4 heteroatoms. The normalized spacial score (nSPS) is 11.1. The monoisotopic (exact) mass is 312 g/mol. The van der Waals surface area contributed by atoms with Crippen LogP contribution < -0.4 is 10.2 Å². The summed E-state index contributed by atoms with van der Waals surface area (Å²) in [5, 5.41) is 4.26. The van der Waals surface area contributed by atoms with Crippen molar-refractivity contribution in [2.45, 2.75) is 34.2 Å². The molecule has 0 amide bonds. The second-order valence-electron chi connectivity index (χ2n) is 5.59. The molecule has 1 aromatic rings. The van der Waals surface area contributed by atoms with Gasteiger partial charge in [0.1, 0.15) is 0 Å². The molecule has 0 aromatic heterocycles. The molecule has 0 saturated carbocycles. The van der Waals surface area contributed by atoms with Gasteiger partial charge in [0.2, 0.25) is 0 Å². The number of ether oxygens (including phenoxy) is 1. The van der Waals surface area contributed by atoms with E-state index in [2.05, 4.69) is 49.2 Å². The quantitative estimate of drug-likeness (QED) is 0.662. The molecular weight excluding hydrogens is 284 g/mol. The Morgan fingerprint density at radius 3 is 2.62 bits per heavy atom. The lowest BCUT2D eigenvalue weighted by Crippen LogP contribution is -2.27. The largest absolute Gasteiger partial charge is 0.380 e. The van der Waals surface area contributed by atoms with Gasteiger partial charge in [-0.05, 0) is 44.0 Å². The van der Waals surface area contributed by atoms with Crippen LogP contribution in [0.4, 0.5) is 5.69 Å². The minimum atomic E-state index is 0.661. The molecule has 0 heterocycles. The summed E-state index contributed by atoms with van der Waals surface area (Å²) in [7, 11) is 0. The fourth-order valence-electron chi connectivity index (χ4n) is 2.19. The van der Waals surface area contributed by atoms with E-state index in [0.717, 1.165) is 50.1 Å². The molecule has 0 unspecified atom stereocenters. The number of halogens is 1. The second-order valence-corrected chi connectivity index (χ2v) is 5.99. The van der Waals surface area contributed by atoms with Crippen molar-refractivity contribution in [3.05, 3.63) is 28.8 Å². The van der Waals surface area contributed by atoms with Crippen molar-refractivity contribution in [3.63, 3.8) is 0 Å². The molecule has 0 saturated heterocycles. The van der Waals surface area contributed by atoms with Crippen LogP contribution in [0.3, 0.4) is 0 Å². The van der Waals surface area contributed by atoms with Gasteiger partial charge < -0.3 is 15.0 Å². The first-order chi connectivity index (χ1) is 10.1. The molecule has 3 nitrogen and oxygen atoms in total. The van der Waals surface area contributed by atoms with Crippen LogP contribution in [0.1, 0.15) is 33.3 Å². The van der Waals surface area contributed by atoms with Gasteiger partial charge in [0.05, 0.1) is 17.3 Å². The summed E-state index contributed by atoms with van der Waals surface area (Å²) in [6.45, 7) is 13.7. The van der Waals surface area contributed by atoms with E-state index >= 15 is 0 Å². The maximum Gasteiger partial charge on any atom is 0.0642 e. The Hall–Kier alpha value is -0.770. The fraction of sp³-hybridized carbons (Fsp3) is 0.647. The zero-order valence-electron chi connectivity index (χ0n) is 13.8. The lowest BCUT2D eigenvalue weighted by molar-refractivity contribution is 0.154. The van der Waals surface area contributed by atoms with Crippen LogP contribution in [0, 0.1) is 5.92 Å². The predicted molar refractivity (Wildman–Crippen MR) is 92.4 cm³/mol. The maximum absolute atomic E-state index is 6.45. The SMILES string of the molecule is CCOCCN(CC)c1ccc(CNCC(C)C)cc1Cl. The topological polar surface area (TPSA) is 24.5 Å². The van der Waals surface area contributed by atoms with Gasteiger partial charge in [-0.3, -0.25) is 0 Å². The Kier molecular flexibility index (Phi) is 8.74. The lowest BCUT2D eigenvalue weighted by Gasteiger charge is -2.24. The smallest absolute Gasteiger partial charge is 0.0642 e. The van der Waals surface area contributed by atoms with Crippen molar-refractivity contribution in [2.24, 2.45) is 5.92 Å². The average molecular weight is 313 g/mol. The highest BCUT2D eigenvalue weighted by molar-refractivity contribution is 6.33. The van der Waals surface area contributed by atoms with E-state index in [0.29, 0.717) is 5.92 Å². The van der Waals surface area contributed by atoms with E-state index in [-0.39, 0.29) is 0 Å². The summed E-state index contributed by atoms with van der Waals surface area (Å²) in [4.78, 5) is 2.25. The molecule has 0 aliphatic rings. The number of hydrogen-bond acceptors (Lipinski definition) is 3. The van der Waals surface area contributed by atoms with Gasteiger partial charge in [-0.2, -0.15) is 0 Å². The third-order valence-corrected chi connectivity index (χ3v) is 3.63. The van der Waals surface area contributed by atoms with Crippen molar-refractivity contribution in [2.75, 3.05) is 37.7 Å². The van der Waals surface area contributed by atoms with Crippen LogP contribution in [0.25, 0.3) is 0 Å². The van der Waals surface area contributed by atoms with E-state index in [1.165, 1.54) is 5.56 Å². The number of anilines is 1. The highest BCUT2D eigenvalue weighted by Crippen LogP contribution is 2.26. The van der Waals surface area contributed by atoms with Crippen LogP contribution in [0.2, 0.25) is 5.02 Å². The van der Waals surface area contributed by atoms with Crippen molar-refractivity contribution >= 4 is 17.3 Å². The molecule has 120 valence electrons. The molecule has 0 aliphatic carbocycles.